The SMILES string of the molecule is Cc1ccc(S(=O)(=O)N2CC(C)(CCl)Sc3cc(C)ccc32)cc1. The summed E-state index contributed by atoms with van der Waals surface area (Å²) in [7, 11) is -3.62. The van der Waals surface area contributed by atoms with Crippen LogP contribution < -0.4 is 4.31 Å². The second kappa shape index (κ2) is 6.28. The van der Waals surface area contributed by atoms with Gasteiger partial charge in [-0.3, -0.25) is 4.31 Å². The van der Waals surface area contributed by atoms with E-state index in [0.717, 1.165) is 21.7 Å². The molecule has 1 aliphatic heterocycles. The molecule has 0 N–H and O–H groups in total. The molecule has 2 aromatic rings. The predicted molar refractivity (Wildman–Crippen MR) is 102 cm³/mol. The minimum absolute atomic E-state index is 0.309. The number of benzene rings is 2. The van der Waals surface area contributed by atoms with Gasteiger partial charge in [-0.15, -0.1) is 23.4 Å². The average molecular weight is 382 g/mol. The number of aryl methyl sites for hydroxylation is 2. The fourth-order valence-electron chi connectivity index (χ4n) is 2.72. The van der Waals surface area contributed by atoms with E-state index in [1.165, 1.54) is 4.31 Å². The van der Waals surface area contributed by atoms with Crippen LogP contribution in [-0.4, -0.2) is 25.6 Å². The van der Waals surface area contributed by atoms with Crippen molar-refractivity contribution >= 4 is 39.1 Å². The number of rotatable bonds is 3. The molecule has 0 fully saturated rings. The quantitative estimate of drug-likeness (QED) is 0.729. The average Bonchev–Trinajstić information content (AvgIpc) is 2.54. The topological polar surface area (TPSA) is 37.4 Å². The first kappa shape index (κ1) is 17.6. The molecule has 0 saturated carbocycles. The molecule has 0 aliphatic carbocycles. The van der Waals surface area contributed by atoms with E-state index < -0.39 is 10.0 Å². The number of halogens is 1. The fourth-order valence-corrected chi connectivity index (χ4v) is 6.02. The second-order valence-electron chi connectivity index (χ2n) is 6.48. The third kappa shape index (κ3) is 3.17. The van der Waals surface area contributed by atoms with Crippen molar-refractivity contribution in [2.45, 2.75) is 35.3 Å². The Morgan fingerprint density at radius 1 is 1.12 bits per heavy atom. The van der Waals surface area contributed by atoms with E-state index in [0.29, 0.717) is 17.3 Å². The largest absolute Gasteiger partial charge is 0.264 e. The maximum absolute atomic E-state index is 13.2. The summed E-state index contributed by atoms with van der Waals surface area (Å²) in [5.41, 5.74) is 2.87. The van der Waals surface area contributed by atoms with Gasteiger partial charge in [0.05, 0.1) is 21.9 Å². The van der Waals surface area contributed by atoms with Gasteiger partial charge in [0, 0.05) is 10.8 Å². The fraction of sp³-hybridized carbons (Fsp3) is 0.333. The maximum atomic E-state index is 13.2. The molecule has 0 saturated heterocycles. The van der Waals surface area contributed by atoms with Crippen LogP contribution in [0, 0.1) is 13.8 Å². The van der Waals surface area contributed by atoms with Crippen LogP contribution in [0.25, 0.3) is 0 Å². The number of hydrogen-bond acceptors (Lipinski definition) is 3. The molecule has 24 heavy (non-hydrogen) atoms. The Morgan fingerprint density at radius 2 is 1.75 bits per heavy atom. The van der Waals surface area contributed by atoms with Gasteiger partial charge in [0.25, 0.3) is 10.0 Å². The van der Waals surface area contributed by atoms with Gasteiger partial charge in [-0.25, -0.2) is 8.42 Å². The van der Waals surface area contributed by atoms with Crippen LogP contribution in [0.15, 0.2) is 52.3 Å². The molecule has 3 rings (SSSR count). The van der Waals surface area contributed by atoms with Crippen LogP contribution in [0.5, 0.6) is 0 Å². The van der Waals surface area contributed by atoms with Crippen molar-refractivity contribution < 1.29 is 8.42 Å². The first-order chi connectivity index (χ1) is 11.2. The van der Waals surface area contributed by atoms with Gasteiger partial charge < -0.3 is 0 Å². The van der Waals surface area contributed by atoms with Crippen LogP contribution >= 0.6 is 23.4 Å². The zero-order valence-corrected chi connectivity index (χ0v) is 16.3. The highest BCUT2D eigenvalue weighted by Crippen LogP contribution is 2.47. The molecule has 1 atom stereocenters. The number of sulfonamides is 1. The van der Waals surface area contributed by atoms with E-state index >= 15 is 0 Å². The highest BCUT2D eigenvalue weighted by Gasteiger charge is 2.40. The Bertz CT molecular complexity index is 865. The first-order valence-corrected chi connectivity index (χ1v) is 10.5. The third-order valence-corrected chi connectivity index (χ3v) is 7.95. The van der Waals surface area contributed by atoms with E-state index in [1.807, 2.05) is 51.1 Å². The van der Waals surface area contributed by atoms with Crippen molar-refractivity contribution in [2.75, 3.05) is 16.7 Å². The molecule has 1 heterocycles. The summed E-state index contributed by atoms with van der Waals surface area (Å²) < 4.78 is 27.6. The van der Waals surface area contributed by atoms with Crippen molar-refractivity contribution in [3.05, 3.63) is 53.6 Å². The molecule has 0 amide bonds. The molecule has 0 bridgehead atoms. The lowest BCUT2D eigenvalue weighted by molar-refractivity contribution is 0.582. The van der Waals surface area contributed by atoms with Gasteiger partial charge in [0.1, 0.15) is 0 Å². The van der Waals surface area contributed by atoms with E-state index in [2.05, 4.69) is 0 Å². The van der Waals surface area contributed by atoms with E-state index in [4.69, 9.17) is 11.6 Å². The number of hydrogen-bond donors (Lipinski definition) is 0. The normalized spacial score (nSPS) is 20.8. The molecule has 2 aromatic carbocycles. The Balaban J connectivity index is 2.14. The number of alkyl halides is 1. The zero-order valence-electron chi connectivity index (χ0n) is 13.9. The molecule has 3 nitrogen and oxygen atoms in total. The highest BCUT2D eigenvalue weighted by molar-refractivity contribution is 8.01. The van der Waals surface area contributed by atoms with Crippen molar-refractivity contribution in [2.24, 2.45) is 0 Å². The third-order valence-electron chi connectivity index (χ3n) is 4.11. The second-order valence-corrected chi connectivity index (χ2v) is 10.2. The van der Waals surface area contributed by atoms with E-state index in [9.17, 15) is 8.42 Å². The molecule has 128 valence electrons. The first-order valence-electron chi connectivity index (χ1n) is 7.70. The smallest absolute Gasteiger partial charge is 0.264 e. The lowest BCUT2D eigenvalue weighted by Crippen LogP contribution is -2.46. The molecular formula is C18H20ClNO2S2. The van der Waals surface area contributed by atoms with Crippen molar-refractivity contribution in [1.82, 2.24) is 0 Å². The lowest BCUT2D eigenvalue weighted by Gasteiger charge is -2.40. The molecule has 0 aromatic heterocycles. The molecule has 1 unspecified atom stereocenters. The van der Waals surface area contributed by atoms with E-state index in [1.54, 1.807) is 23.9 Å². The van der Waals surface area contributed by atoms with Gasteiger partial charge in [0.2, 0.25) is 0 Å². The Morgan fingerprint density at radius 3 is 2.38 bits per heavy atom. The van der Waals surface area contributed by atoms with Crippen LogP contribution in [0.2, 0.25) is 0 Å². The van der Waals surface area contributed by atoms with Gasteiger partial charge in [0.15, 0.2) is 0 Å². The summed E-state index contributed by atoms with van der Waals surface area (Å²) in [4.78, 5) is 1.27. The maximum Gasteiger partial charge on any atom is 0.264 e. The van der Waals surface area contributed by atoms with Crippen LogP contribution in [0.3, 0.4) is 0 Å². The van der Waals surface area contributed by atoms with Crippen LogP contribution in [0.1, 0.15) is 18.1 Å². The number of nitrogens with zero attached hydrogens (tertiary/aromatic N) is 1. The number of thioether (sulfide) groups is 1. The van der Waals surface area contributed by atoms with Gasteiger partial charge in [-0.2, -0.15) is 0 Å². The summed E-state index contributed by atoms with van der Waals surface area (Å²) in [5, 5.41) is 0. The zero-order chi connectivity index (χ0) is 17.5. The lowest BCUT2D eigenvalue weighted by atomic mass is 10.1. The summed E-state index contributed by atoms with van der Waals surface area (Å²) in [5.74, 6) is 0.380. The predicted octanol–water partition coefficient (Wildman–Crippen LogP) is 4.60. The number of anilines is 1. The molecule has 6 heteroatoms. The van der Waals surface area contributed by atoms with E-state index in [-0.39, 0.29) is 4.75 Å². The monoisotopic (exact) mass is 381 g/mol. The summed E-state index contributed by atoms with van der Waals surface area (Å²) in [6.45, 7) is 6.31. The molecule has 0 spiro atoms. The van der Waals surface area contributed by atoms with Gasteiger partial charge >= 0.3 is 0 Å². The Kier molecular flexibility index (Phi) is 4.62. The van der Waals surface area contributed by atoms with Crippen molar-refractivity contribution in [1.29, 1.82) is 0 Å². The summed E-state index contributed by atoms with van der Waals surface area (Å²) in [6.07, 6.45) is 0. The van der Waals surface area contributed by atoms with Crippen molar-refractivity contribution in [3.63, 3.8) is 0 Å². The molecule has 0 radical (unpaired) electrons. The van der Waals surface area contributed by atoms with Gasteiger partial charge in [-0.05, 0) is 50.6 Å². The minimum Gasteiger partial charge on any atom is -0.264 e. The molecule has 1 aliphatic rings. The van der Waals surface area contributed by atoms with Crippen molar-refractivity contribution in [3.8, 4) is 0 Å². The highest BCUT2D eigenvalue weighted by atomic mass is 35.5. The van der Waals surface area contributed by atoms with Gasteiger partial charge in [-0.1, -0.05) is 23.8 Å². The summed E-state index contributed by atoms with van der Waals surface area (Å²) in [6, 6.07) is 12.8. The number of fused-ring (bicyclic) bond motifs is 1. The minimum atomic E-state index is -3.62. The van der Waals surface area contributed by atoms with Crippen LogP contribution in [-0.2, 0) is 10.0 Å². The summed E-state index contributed by atoms with van der Waals surface area (Å²) >= 11 is 7.82. The standard InChI is InChI=1S/C18H20ClNO2S2/c1-13-4-7-15(8-5-13)24(21,22)20-12-18(3,11-19)23-17-10-14(2)6-9-16(17)20/h4-10H,11-12H2,1-3H3. The van der Waals surface area contributed by atoms with Crippen LogP contribution in [0.4, 0.5) is 5.69 Å². The Hall–Kier alpha value is -1.17. The molecular weight excluding hydrogens is 362 g/mol. The Labute approximate surface area is 153 Å².